The van der Waals surface area contributed by atoms with Crippen LogP contribution in [-0.2, 0) is 0 Å². The number of rotatable bonds is 0. The first kappa shape index (κ1) is 8.13. The third kappa shape index (κ3) is 1.25. The Morgan fingerprint density at radius 2 is 2.17 bits per heavy atom. The van der Waals surface area contributed by atoms with Crippen molar-refractivity contribution >= 4 is 39.0 Å². The SMILES string of the molecule is Clc1c(Br)cnc2c1NCCN2. The summed E-state index contributed by atoms with van der Waals surface area (Å²) >= 11 is 9.33. The van der Waals surface area contributed by atoms with Crippen molar-refractivity contribution in [1.82, 2.24) is 4.98 Å². The molecule has 0 bridgehead atoms. The van der Waals surface area contributed by atoms with E-state index < -0.39 is 0 Å². The maximum Gasteiger partial charge on any atom is 0.151 e. The predicted molar refractivity (Wildman–Crippen MR) is 53.9 cm³/mol. The van der Waals surface area contributed by atoms with Gasteiger partial charge in [0.15, 0.2) is 5.82 Å². The Kier molecular flexibility index (Phi) is 2.11. The number of pyridine rings is 1. The topological polar surface area (TPSA) is 37.0 Å². The molecule has 0 spiro atoms. The minimum absolute atomic E-state index is 0.687. The Morgan fingerprint density at radius 3 is 3.00 bits per heavy atom. The fraction of sp³-hybridized carbons (Fsp3) is 0.286. The first-order valence-electron chi connectivity index (χ1n) is 3.61. The molecule has 1 aliphatic heterocycles. The van der Waals surface area contributed by atoms with E-state index in [9.17, 15) is 0 Å². The van der Waals surface area contributed by atoms with E-state index in [0.29, 0.717) is 5.02 Å². The number of nitrogens with one attached hydrogen (secondary N) is 2. The third-order valence-electron chi connectivity index (χ3n) is 1.69. The zero-order valence-electron chi connectivity index (χ0n) is 6.19. The average molecular weight is 249 g/mol. The Balaban J connectivity index is 2.54. The van der Waals surface area contributed by atoms with Crippen molar-refractivity contribution in [3.8, 4) is 0 Å². The fourth-order valence-electron chi connectivity index (χ4n) is 1.13. The summed E-state index contributed by atoms with van der Waals surface area (Å²) in [7, 11) is 0. The second-order valence-electron chi connectivity index (χ2n) is 2.50. The maximum atomic E-state index is 6.02. The summed E-state index contributed by atoms with van der Waals surface area (Å²) in [5.41, 5.74) is 0.886. The molecule has 0 amide bonds. The van der Waals surface area contributed by atoms with E-state index in [2.05, 4.69) is 31.5 Å². The highest BCUT2D eigenvalue weighted by Crippen LogP contribution is 2.35. The van der Waals surface area contributed by atoms with Gasteiger partial charge in [-0.05, 0) is 15.9 Å². The van der Waals surface area contributed by atoms with Gasteiger partial charge < -0.3 is 10.6 Å². The molecule has 2 heterocycles. The van der Waals surface area contributed by atoms with Crippen molar-refractivity contribution in [2.75, 3.05) is 23.7 Å². The van der Waals surface area contributed by atoms with Crippen molar-refractivity contribution in [3.05, 3.63) is 15.7 Å². The lowest BCUT2D eigenvalue weighted by molar-refractivity contribution is 1.02. The normalized spacial score (nSPS) is 14.5. The molecule has 0 saturated heterocycles. The highest BCUT2D eigenvalue weighted by Gasteiger charge is 2.14. The van der Waals surface area contributed by atoms with Crippen LogP contribution in [0.5, 0.6) is 0 Å². The molecule has 64 valence electrons. The van der Waals surface area contributed by atoms with Crippen LogP contribution >= 0.6 is 27.5 Å². The van der Waals surface area contributed by atoms with E-state index in [4.69, 9.17) is 11.6 Å². The minimum atomic E-state index is 0.687. The van der Waals surface area contributed by atoms with Gasteiger partial charge >= 0.3 is 0 Å². The van der Waals surface area contributed by atoms with E-state index in [1.807, 2.05) is 0 Å². The van der Waals surface area contributed by atoms with Gasteiger partial charge in [0.2, 0.25) is 0 Å². The number of anilines is 2. The van der Waals surface area contributed by atoms with Gasteiger partial charge in [0.05, 0.1) is 15.2 Å². The fourth-order valence-corrected chi connectivity index (χ4v) is 1.64. The number of halogens is 2. The molecular weight excluding hydrogens is 241 g/mol. The molecule has 2 N–H and O–H groups in total. The Bertz CT molecular complexity index is 316. The highest BCUT2D eigenvalue weighted by molar-refractivity contribution is 9.10. The van der Waals surface area contributed by atoms with E-state index >= 15 is 0 Å². The van der Waals surface area contributed by atoms with Crippen LogP contribution in [0.2, 0.25) is 5.02 Å². The molecule has 3 nitrogen and oxygen atoms in total. The predicted octanol–water partition coefficient (Wildman–Crippen LogP) is 2.33. The lowest BCUT2D eigenvalue weighted by Gasteiger charge is -2.19. The molecule has 12 heavy (non-hydrogen) atoms. The number of fused-ring (bicyclic) bond motifs is 1. The van der Waals surface area contributed by atoms with Gasteiger partial charge in [-0.25, -0.2) is 4.98 Å². The molecule has 1 aliphatic rings. The van der Waals surface area contributed by atoms with E-state index in [1.54, 1.807) is 6.20 Å². The summed E-state index contributed by atoms with van der Waals surface area (Å²) in [6.45, 7) is 1.77. The van der Waals surface area contributed by atoms with Crippen molar-refractivity contribution in [2.45, 2.75) is 0 Å². The molecular formula is C7H7BrClN3. The highest BCUT2D eigenvalue weighted by atomic mass is 79.9. The van der Waals surface area contributed by atoms with Crippen molar-refractivity contribution in [2.24, 2.45) is 0 Å². The lowest BCUT2D eigenvalue weighted by atomic mass is 10.3. The summed E-state index contributed by atoms with van der Waals surface area (Å²) in [5.74, 6) is 0.828. The minimum Gasteiger partial charge on any atom is -0.379 e. The Morgan fingerprint density at radius 1 is 1.42 bits per heavy atom. The number of hydrogen-bond donors (Lipinski definition) is 2. The van der Waals surface area contributed by atoms with Crippen LogP contribution in [0.25, 0.3) is 0 Å². The van der Waals surface area contributed by atoms with E-state index in [-0.39, 0.29) is 0 Å². The molecule has 0 unspecified atom stereocenters. The van der Waals surface area contributed by atoms with Crippen LogP contribution in [0.3, 0.4) is 0 Å². The molecule has 5 heteroatoms. The second-order valence-corrected chi connectivity index (χ2v) is 3.73. The first-order chi connectivity index (χ1) is 5.79. The van der Waals surface area contributed by atoms with Crippen LogP contribution < -0.4 is 10.6 Å². The van der Waals surface area contributed by atoms with Gasteiger partial charge in [-0.1, -0.05) is 11.6 Å². The zero-order chi connectivity index (χ0) is 8.55. The van der Waals surface area contributed by atoms with Gasteiger partial charge in [0.25, 0.3) is 0 Å². The van der Waals surface area contributed by atoms with Crippen LogP contribution in [0.1, 0.15) is 0 Å². The molecule has 0 atom stereocenters. The molecule has 0 radical (unpaired) electrons. The zero-order valence-corrected chi connectivity index (χ0v) is 8.54. The monoisotopic (exact) mass is 247 g/mol. The summed E-state index contributed by atoms with van der Waals surface area (Å²) < 4.78 is 0.819. The van der Waals surface area contributed by atoms with Gasteiger partial charge in [0.1, 0.15) is 0 Å². The third-order valence-corrected chi connectivity index (χ3v) is 2.91. The smallest absolute Gasteiger partial charge is 0.151 e. The molecule has 1 aromatic rings. The van der Waals surface area contributed by atoms with Gasteiger partial charge in [0, 0.05) is 19.3 Å². The molecule has 2 rings (SSSR count). The molecule has 0 saturated carbocycles. The van der Waals surface area contributed by atoms with Crippen molar-refractivity contribution in [1.29, 1.82) is 0 Å². The quantitative estimate of drug-likeness (QED) is 0.740. The van der Waals surface area contributed by atoms with Crippen molar-refractivity contribution in [3.63, 3.8) is 0 Å². The van der Waals surface area contributed by atoms with Gasteiger partial charge in [-0.3, -0.25) is 0 Å². The summed E-state index contributed by atoms with van der Waals surface area (Å²) in [5, 5.41) is 7.02. The van der Waals surface area contributed by atoms with Gasteiger partial charge in [-0.2, -0.15) is 0 Å². The van der Waals surface area contributed by atoms with Crippen LogP contribution in [0.4, 0.5) is 11.5 Å². The summed E-state index contributed by atoms with van der Waals surface area (Å²) in [4.78, 5) is 4.17. The Hall–Kier alpha value is -0.480. The number of hydrogen-bond acceptors (Lipinski definition) is 3. The van der Waals surface area contributed by atoms with Crippen molar-refractivity contribution < 1.29 is 0 Å². The Labute approximate surface area is 83.6 Å². The van der Waals surface area contributed by atoms with Crippen LogP contribution in [0, 0.1) is 0 Å². The van der Waals surface area contributed by atoms with Crippen LogP contribution in [0.15, 0.2) is 10.7 Å². The average Bonchev–Trinajstić information content (AvgIpc) is 2.12. The molecule has 1 aromatic heterocycles. The number of nitrogens with zero attached hydrogens (tertiary/aromatic N) is 1. The molecule has 0 aromatic carbocycles. The molecule has 0 fully saturated rings. The maximum absolute atomic E-state index is 6.02. The standard InChI is InChI=1S/C7H7BrClN3/c8-4-3-12-7-6(5(4)9)10-1-2-11-7/h3,10H,1-2H2,(H,11,12). The second kappa shape index (κ2) is 3.11. The summed E-state index contributed by atoms with van der Waals surface area (Å²) in [6.07, 6.45) is 1.70. The number of aromatic nitrogens is 1. The lowest BCUT2D eigenvalue weighted by Crippen LogP contribution is -2.21. The largest absolute Gasteiger partial charge is 0.379 e. The molecule has 0 aliphatic carbocycles. The van der Waals surface area contributed by atoms with Gasteiger partial charge in [-0.15, -0.1) is 0 Å². The first-order valence-corrected chi connectivity index (χ1v) is 4.78. The van der Waals surface area contributed by atoms with E-state index in [1.165, 1.54) is 0 Å². The van der Waals surface area contributed by atoms with Crippen LogP contribution in [-0.4, -0.2) is 18.1 Å². The van der Waals surface area contributed by atoms with E-state index in [0.717, 1.165) is 29.1 Å². The summed E-state index contributed by atoms with van der Waals surface area (Å²) in [6, 6.07) is 0.